The van der Waals surface area contributed by atoms with Gasteiger partial charge in [0.15, 0.2) is 0 Å². The van der Waals surface area contributed by atoms with Crippen LogP contribution in [-0.2, 0) is 5.41 Å². The number of aryl methyl sites for hydroxylation is 5. The van der Waals surface area contributed by atoms with E-state index in [9.17, 15) is 0 Å². The maximum Gasteiger partial charge on any atom is 0.0713 e. The fraction of sp³-hybridized carbons (Fsp3) is 0.253. The van der Waals surface area contributed by atoms with Crippen molar-refractivity contribution in [1.82, 2.24) is 0 Å². The standard InChI is InChI=1S/C31H26.C20H32.C13H12.C8H10.C7H10.2C2H6/c1-5-25-22(4)20-29-30(26(25)6-2)27-18-17-21(3)19-28(27)31(29,23-13-9-7-10-14-23)24-15-11-8-12-16-24;1-8-13-18(14-9-2)17(7)20(15-10-3)19(12-5)16(6)11-4;1-11-6-5-9-13(10-11)12-7-3-2-4-8-12;1-7-3-5-8(2)6-4-7;1-4-6-7(3)5-2;2*1-2/h5-20H,1-2H2,3-4H3;8-9,12-14,16H,1,10-11,15H2,2-7H3;2-10H,1H3;3-6H,1-2H3;4-6H,1-2H2,3H3;2*1-2H3/b;14-9-,18-13+,19-12-,20-17+;;;7-6-;;. The summed E-state index contributed by atoms with van der Waals surface area (Å²) in [5, 5.41) is 0. The molecule has 434 valence electrons. The van der Waals surface area contributed by atoms with E-state index in [0.29, 0.717) is 5.92 Å². The molecule has 0 saturated carbocycles. The Bertz CT molecular complexity index is 3190. The van der Waals surface area contributed by atoms with E-state index in [1.165, 1.54) is 113 Å². The molecule has 0 spiro atoms. The van der Waals surface area contributed by atoms with Crippen molar-refractivity contribution in [1.29, 1.82) is 0 Å². The van der Waals surface area contributed by atoms with Gasteiger partial charge in [-0.3, -0.25) is 0 Å². The minimum absolute atomic E-state index is 0.374. The second-order valence-corrected chi connectivity index (χ2v) is 20.4. The Labute approximate surface area is 507 Å². The predicted molar refractivity (Wildman–Crippen MR) is 377 cm³/mol. The van der Waals surface area contributed by atoms with Gasteiger partial charge in [-0.2, -0.15) is 0 Å². The second-order valence-electron chi connectivity index (χ2n) is 20.4. The van der Waals surface area contributed by atoms with Gasteiger partial charge in [-0.05, 0) is 165 Å². The van der Waals surface area contributed by atoms with Crippen LogP contribution in [0.25, 0.3) is 34.4 Å². The lowest BCUT2D eigenvalue weighted by Gasteiger charge is -2.34. The zero-order chi connectivity index (χ0) is 61.9. The van der Waals surface area contributed by atoms with Crippen LogP contribution in [0.2, 0.25) is 0 Å². The quantitative estimate of drug-likeness (QED) is 0.0898. The molecule has 0 fully saturated rings. The second kappa shape index (κ2) is 38.6. The molecule has 1 aliphatic carbocycles. The molecule has 8 rings (SSSR count). The topological polar surface area (TPSA) is 0 Å². The number of rotatable bonds is 15. The summed E-state index contributed by atoms with van der Waals surface area (Å²) in [6, 6.07) is 58.5. The van der Waals surface area contributed by atoms with Crippen LogP contribution in [0.5, 0.6) is 0 Å². The van der Waals surface area contributed by atoms with Crippen molar-refractivity contribution >= 4 is 12.2 Å². The molecule has 0 saturated heterocycles. The largest absolute Gasteiger partial charge is 0.0991 e. The minimum atomic E-state index is -0.374. The summed E-state index contributed by atoms with van der Waals surface area (Å²) in [6.07, 6.45) is 23.5. The van der Waals surface area contributed by atoms with Crippen molar-refractivity contribution in [2.75, 3.05) is 0 Å². The first-order chi connectivity index (χ1) is 40.1. The Hall–Kier alpha value is -8.06. The molecule has 1 unspecified atom stereocenters. The van der Waals surface area contributed by atoms with Crippen LogP contribution in [0.1, 0.15) is 157 Å². The number of benzene rings is 7. The van der Waals surface area contributed by atoms with Crippen molar-refractivity contribution in [2.45, 2.75) is 135 Å². The first-order valence-electron chi connectivity index (χ1n) is 30.2. The van der Waals surface area contributed by atoms with E-state index in [1.54, 1.807) is 12.2 Å². The first kappa shape index (κ1) is 71.0. The summed E-state index contributed by atoms with van der Waals surface area (Å²) in [7, 11) is 0. The van der Waals surface area contributed by atoms with E-state index < -0.39 is 0 Å². The fourth-order valence-electron chi connectivity index (χ4n) is 10.3. The van der Waals surface area contributed by atoms with E-state index in [2.05, 4.69) is 291 Å². The maximum atomic E-state index is 4.19. The molecule has 83 heavy (non-hydrogen) atoms. The van der Waals surface area contributed by atoms with Crippen LogP contribution in [-0.4, -0.2) is 0 Å². The highest BCUT2D eigenvalue weighted by molar-refractivity contribution is 5.94. The molecule has 0 heterocycles. The SMILES string of the molecule is C=C/C=C(/C)C=C.C=C/C=C(\C=C/C)C(/C)=C(CCC)/C(=C\C)C(C)CC.C=Cc1c(C)cc2c(c1C=C)-c1ccc(C)cc1C2(c1ccccc1)c1ccccc1.CC.CC.Cc1ccc(C)cc1.Cc1cccc(-c2ccccc2)c1. The summed E-state index contributed by atoms with van der Waals surface area (Å²) >= 11 is 0. The molecule has 1 aliphatic rings. The first-order valence-corrected chi connectivity index (χ1v) is 30.2. The Balaban J connectivity index is 0.000000388. The van der Waals surface area contributed by atoms with Gasteiger partial charge in [-0.15, -0.1) is 0 Å². The smallest absolute Gasteiger partial charge is 0.0713 e. The van der Waals surface area contributed by atoms with E-state index in [4.69, 9.17) is 0 Å². The molecule has 0 bridgehead atoms. The van der Waals surface area contributed by atoms with Gasteiger partial charge in [0.05, 0.1) is 5.41 Å². The summed E-state index contributed by atoms with van der Waals surface area (Å²) < 4.78 is 0. The highest BCUT2D eigenvalue weighted by Gasteiger charge is 2.47. The van der Waals surface area contributed by atoms with Gasteiger partial charge in [0.25, 0.3) is 0 Å². The Morgan fingerprint density at radius 2 is 1.02 bits per heavy atom. The molecular weight excluding hydrogens is 997 g/mol. The molecule has 0 N–H and O–H groups in total. The van der Waals surface area contributed by atoms with Crippen molar-refractivity contribution in [3.8, 4) is 22.3 Å². The van der Waals surface area contributed by atoms with Crippen LogP contribution in [0, 0.1) is 40.5 Å². The molecule has 0 radical (unpaired) electrons. The molecule has 0 nitrogen and oxygen atoms in total. The van der Waals surface area contributed by atoms with Gasteiger partial charge in [-0.1, -0.05) is 340 Å². The average molecular weight is 1100 g/mol. The highest BCUT2D eigenvalue weighted by Crippen LogP contribution is 2.58. The van der Waals surface area contributed by atoms with E-state index in [0.717, 1.165) is 17.6 Å². The molecule has 1 atom stereocenters. The maximum absolute atomic E-state index is 4.19. The normalized spacial score (nSPS) is 12.4. The Morgan fingerprint density at radius 3 is 1.46 bits per heavy atom. The summed E-state index contributed by atoms with van der Waals surface area (Å²) in [6.45, 7) is 53.2. The fourth-order valence-corrected chi connectivity index (χ4v) is 10.3. The minimum Gasteiger partial charge on any atom is -0.0991 e. The lowest BCUT2D eigenvalue weighted by atomic mass is 9.67. The summed E-state index contributed by atoms with van der Waals surface area (Å²) in [5.41, 5.74) is 25.6. The molecule has 0 aromatic heterocycles. The third kappa shape index (κ3) is 19.8. The van der Waals surface area contributed by atoms with Gasteiger partial charge in [0, 0.05) is 0 Å². The van der Waals surface area contributed by atoms with E-state index in [1.807, 2.05) is 65.0 Å². The molecule has 0 amide bonds. The summed E-state index contributed by atoms with van der Waals surface area (Å²) in [5.74, 6) is 0.618. The van der Waals surface area contributed by atoms with Crippen LogP contribution in [0.15, 0.2) is 273 Å². The van der Waals surface area contributed by atoms with E-state index in [-0.39, 0.29) is 5.41 Å². The third-order valence-electron chi connectivity index (χ3n) is 14.6. The molecule has 0 heteroatoms. The lowest BCUT2D eigenvalue weighted by molar-refractivity contribution is 0.649. The van der Waals surface area contributed by atoms with Gasteiger partial charge in [-0.25, -0.2) is 0 Å². The third-order valence-corrected chi connectivity index (χ3v) is 14.6. The van der Waals surface area contributed by atoms with Gasteiger partial charge in [0.1, 0.15) is 0 Å². The monoisotopic (exact) mass is 1100 g/mol. The Morgan fingerprint density at radius 1 is 0.530 bits per heavy atom. The van der Waals surface area contributed by atoms with Gasteiger partial charge >= 0.3 is 0 Å². The number of allylic oxidation sites excluding steroid dienone is 13. The van der Waals surface area contributed by atoms with Crippen molar-refractivity contribution in [3.05, 3.63) is 334 Å². The number of fused-ring (bicyclic) bond motifs is 3. The zero-order valence-electron chi connectivity index (χ0n) is 54.1. The summed E-state index contributed by atoms with van der Waals surface area (Å²) in [4.78, 5) is 0. The lowest BCUT2D eigenvalue weighted by Crippen LogP contribution is -2.28. The van der Waals surface area contributed by atoms with Crippen molar-refractivity contribution < 1.29 is 0 Å². The van der Waals surface area contributed by atoms with Crippen molar-refractivity contribution in [2.24, 2.45) is 5.92 Å². The van der Waals surface area contributed by atoms with Crippen LogP contribution >= 0.6 is 0 Å². The van der Waals surface area contributed by atoms with Crippen LogP contribution in [0.4, 0.5) is 0 Å². The molecular formula is C83H102. The molecule has 7 aromatic rings. The molecule has 7 aromatic carbocycles. The Kier molecular flexibility index (Phi) is 33.0. The number of hydrogen-bond acceptors (Lipinski definition) is 0. The van der Waals surface area contributed by atoms with Crippen LogP contribution < -0.4 is 0 Å². The molecule has 0 aliphatic heterocycles. The predicted octanol–water partition coefficient (Wildman–Crippen LogP) is 25.1. The number of hydrogen-bond donors (Lipinski definition) is 0. The van der Waals surface area contributed by atoms with E-state index >= 15 is 0 Å². The average Bonchev–Trinajstić information content (AvgIpc) is 1.62. The van der Waals surface area contributed by atoms with Crippen LogP contribution in [0.3, 0.4) is 0 Å². The van der Waals surface area contributed by atoms with Gasteiger partial charge < -0.3 is 0 Å². The van der Waals surface area contributed by atoms with Crippen molar-refractivity contribution in [3.63, 3.8) is 0 Å². The highest BCUT2D eigenvalue weighted by atomic mass is 14.5. The zero-order valence-corrected chi connectivity index (χ0v) is 54.1. The van der Waals surface area contributed by atoms with Gasteiger partial charge in [0.2, 0.25) is 0 Å².